The van der Waals surface area contributed by atoms with Crippen LogP contribution in [0.1, 0.15) is 25.3 Å². The van der Waals surface area contributed by atoms with Gasteiger partial charge in [0.05, 0.1) is 18.2 Å². The zero-order valence-corrected chi connectivity index (χ0v) is 14.3. The first-order valence-electron chi connectivity index (χ1n) is 6.95. The molecular formula is C13H18N4O3S2. The monoisotopic (exact) mass is 342 g/mol. The van der Waals surface area contributed by atoms with Crippen LogP contribution in [0.4, 0.5) is 4.79 Å². The van der Waals surface area contributed by atoms with Crippen molar-refractivity contribution in [2.75, 3.05) is 12.4 Å². The van der Waals surface area contributed by atoms with Crippen molar-refractivity contribution in [2.45, 2.75) is 37.6 Å². The Bertz CT molecular complexity index is 600. The molecule has 0 saturated heterocycles. The highest BCUT2D eigenvalue weighted by molar-refractivity contribution is 8.01. The fourth-order valence-electron chi connectivity index (χ4n) is 2.05. The molecule has 0 radical (unpaired) electrons. The highest BCUT2D eigenvalue weighted by Gasteiger charge is 2.31. The van der Waals surface area contributed by atoms with Crippen LogP contribution in [0.15, 0.2) is 15.6 Å². The van der Waals surface area contributed by atoms with Crippen LogP contribution in [0.25, 0.3) is 0 Å². The Balaban J connectivity index is 2.22. The van der Waals surface area contributed by atoms with E-state index in [0.717, 1.165) is 9.35 Å². The summed E-state index contributed by atoms with van der Waals surface area (Å²) >= 11 is 2.92. The molecule has 7 nitrogen and oxygen atoms in total. The minimum absolute atomic E-state index is 0.294. The summed E-state index contributed by atoms with van der Waals surface area (Å²) in [6.45, 7) is 5.84. The number of nitrogens with one attached hydrogen (secondary N) is 2. The number of aromatic nitrogens is 2. The minimum atomic E-state index is -0.397. The Labute approximate surface area is 136 Å². The normalized spacial score (nSPS) is 18.0. The van der Waals surface area contributed by atoms with E-state index in [9.17, 15) is 9.59 Å². The van der Waals surface area contributed by atoms with E-state index in [1.165, 1.54) is 23.1 Å². The van der Waals surface area contributed by atoms with Gasteiger partial charge in [-0.05, 0) is 20.3 Å². The van der Waals surface area contributed by atoms with Crippen LogP contribution < -0.4 is 10.6 Å². The number of urea groups is 1. The van der Waals surface area contributed by atoms with E-state index < -0.39 is 5.97 Å². The molecule has 0 spiro atoms. The lowest BCUT2D eigenvalue weighted by Gasteiger charge is -2.28. The lowest BCUT2D eigenvalue weighted by atomic mass is 10.0. The van der Waals surface area contributed by atoms with Crippen molar-refractivity contribution in [1.82, 2.24) is 20.8 Å². The lowest BCUT2D eigenvalue weighted by molar-refractivity contribution is -0.139. The maximum atomic E-state index is 12.2. The summed E-state index contributed by atoms with van der Waals surface area (Å²) in [5.74, 6) is 0.0399. The predicted octanol–water partition coefficient (Wildman–Crippen LogP) is 1.85. The van der Waals surface area contributed by atoms with Gasteiger partial charge in [0.15, 0.2) is 4.34 Å². The van der Waals surface area contributed by atoms with E-state index in [-0.39, 0.29) is 12.1 Å². The number of amides is 2. The molecule has 9 heteroatoms. The van der Waals surface area contributed by atoms with Crippen LogP contribution in [0.2, 0.25) is 0 Å². The van der Waals surface area contributed by atoms with Gasteiger partial charge in [0.2, 0.25) is 0 Å². The van der Waals surface area contributed by atoms with Gasteiger partial charge < -0.3 is 15.4 Å². The summed E-state index contributed by atoms with van der Waals surface area (Å²) in [4.78, 5) is 23.9. The van der Waals surface area contributed by atoms with Crippen molar-refractivity contribution in [3.8, 4) is 0 Å². The number of aryl methyl sites for hydroxylation is 1. The molecule has 0 bridgehead atoms. The molecule has 0 aromatic carbocycles. The van der Waals surface area contributed by atoms with Gasteiger partial charge in [0.25, 0.3) is 0 Å². The first kappa shape index (κ1) is 16.8. The van der Waals surface area contributed by atoms with E-state index in [1.807, 2.05) is 13.8 Å². The second kappa shape index (κ2) is 7.59. The quantitative estimate of drug-likeness (QED) is 0.605. The zero-order valence-electron chi connectivity index (χ0n) is 12.6. The van der Waals surface area contributed by atoms with Crippen LogP contribution >= 0.6 is 23.1 Å². The van der Waals surface area contributed by atoms with Gasteiger partial charge in [-0.3, -0.25) is 0 Å². The molecule has 0 unspecified atom stereocenters. The molecule has 0 fully saturated rings. The molecule has 1 atom stereocenters. The topological polar surface area (TPSA) is 93.2 Å². The number of rotatable bonds is 6. The molecule has 1 aromatic heterocycles. The second-order valence-electron chi connectivity index (χ2n) is 4.55. The maximum absolute atomic E-state index is 12.2. The standard InChI is InChI=1S/C13H18N4O3S2/c1-4-8-10(11(18)20-5-2)9(15-12(19)14-8)6-21-13-17-16-7(3)22-13/h8H,4-6H2,1-3H3,(H2,14,15,19)/t8-/m1/s1. The van der Waals surface area contributed by atoms with Gasteiger partial charge in [-0.25, -0.2) is 9.59 Å². The highest BCUT2D eigenvalue weighted by atomic mass is 32.2. The van der Waals surface area contributed by atoms with Crippen LogP contribution in [0.5, 0.6) is 0 Å². The third-order valence-corrected chi connectivity index (χ3v) is 4.99. The van der Waals surface area contributed by atoms with Crippen molar-refractivity contribution >= 4 is 35.1 Å². The fraction of sp³-hybridized carbons (Fsp3) is 0.538. The molecule has 2 heterocycles. The molecule has 120 valence electrons. The number of carbonyl (C=O) groups excluding carboxylic acids is 2. The van der Waals surface area contributed by atoms with Crippen LogP contribution in [-0.4, -0.2) is 40.6 Å². The highest BCUT2D eigenvalue weighted by Crippen LogP contribution is 2.26. The first-order chi connectivity index (χ1) is 10.5. The maximum Gasteiger partial charge on any atom is 0.337 e. The molecule has 1 aromatic rings. The molecular weight excluding hydrogens is 324 g/mol. The third kappa shape index (κ3) is 3.98. The van der Waals surface area contributed by atoms with Crippen LogP contribution in [0, 0.1) is 6.92 Å². The summed E-state index contributed by atoms with van der Waals surface area (Å²) < 4.78 is 5.91. The van der Waals surface area contributed by atoms with Crippen molar-refractivity contribution in [1.29, 1.82) is 0 Å². The van der Waals surface area contributed by atoms with Gasteiger partial charge in [0, 0.05) is 11.4 Å². The molecule has 0 saturated carbocycles. The Hall–Kier alpha value is -1.61. The summed E-state index contributed by atoms with van der Waals surface area (Å²) in [5.41, 5.74) is 1.06. The summed E-state index contributed by atoms with van der Waals surface area (Å²) in [6.07, 6.45) is 0.619. The number of ether oxygens (including phenoxy) is 1. The average Bonchev–Trinajstić information content (AvgIpc) is 2.90. The van der Waals surface area contributed by atoms with Crippen molar-refractivity contribution in [2.24, 2.45) is 0 Å². The Kier molecular flexibility index (Phi) is 5.78. The van der Waals surface area contributed by atoms with Gasteiger partial charge in [0.1, 0.15) is 5.01 Å². The Morgan fingerprint density at radius 3 is 2.77 bits per heavy atom. The zero-order chi connectivity index (χ0) is 16.1. The largest absolute Gasteiger partial charge is 0.463 e. The molecule has 2 N–H and O–H groups in total. The van der Waals surface area contributed by atoms with Gasteiger partial charge in [-0.2, -0.15) is 0 Å². The molecule has 2 amide bonds. The first-order valence-corrected chi connectivity index (χ1v) is 8.75. The molecule has 0 aliphatic carbocycles. The van der Waals surface area contributed by atoms with E-state index in [1.54, 1.807) is 6.92 Å². The Morgan fingerprint density at radius 2 is 2.18 bits per heavy atom. The van der Waals surface area contributed by atoms with Gasteiger partial charge in [-0.1, -0.05) is 30.0 Å². The number of thioether (sulfide) groups is 1. The van der Waals surface area contributed by atoms with Gasteiger partial charge >= 0.3 is 12.0 Å². The van der Waals surface area contributed by atoms with E-state index in [4.69, 9.17) is 4.74 Å². The van der Waals surface area contributed by atoms with Crippen LogP contribution in [-0.2, 0) is 9.53 Å². The number of esters is 1. The molecule has 1 aliphatic heterocycles. The number of carbonyl (C=O) groups is 2. The lowest BCUT2D eigenvalue weighted by Crippen LogP contribution is -2.50. The van der Waals surface area contributed by atoms with E-state index >= 15 is 0 Å². The number of hydrogen-bond donors (Lipinski definition) is 2. The molecule has 1 aliphatic rings. The van der Waals surface area contributed by atoms with Crippen molar-refractivity contribution in [3.05, 3.63) is 16.3 Å². The van der Waals surface area contributed by atoms with E-state index in [2.05, 4.69) is 20.8 Å². The second-order valence-corrected chi connectivity index (χ2v) is 6.95. The Morgan fingerprint density at radius 1 is 1.41 bits per heavy atom. The van der Waals surface area contributed by atoms with Crippen molar-refractivity contribution in [3.63, 3.8) is 0 Å². The fourth-order valence-corrected chi connectivity index (χ4v) is 3.83. The third-order valence-electron chi connectivity index (χ3n) is 2.99. The van der Waals surface area contributed by atoms with E-state index in [0.29, 0.717) is 30.1 Å². The number of hydrogen-bond acceptors (Lipinski definition) is 7. The van der Waals surface area contributed by atoms with Gasteiger partial charge in [-0.15, -0.1) is 10.2 Å². The smallest absolute Gasteiger partial charge is 0.337 e. The number of nitrogens with zero attached hydrogens (tertiary/aromatic N) is 2. The summed E-state index contributed by atoms with van der Waals surface area (Å²) in [5, 5.41) is 14.3. The summed E-state index contributed by atoms with van der Waals surface area (Å²) in [6, 6.07) is -0.636. The van der Waals surface area contributed by atoms with Crippen LogP contribution in [0.3, 0.4) is 0 Å². The summed E-state index contributed by atoms with van der Waals surface area (Å²) in [7, 11) is 0. The predicted molar refractivity (Wildman–Crippen MR) is 84.8 cm³/mol. The minimum Gasteiger partial charge on any atom is -0.463 e. The van der Waals surface area contributed by atoms with Crippen molar-refractivity contribution < 1.29 is 14.3 Å². The SMILES string of the molecule is CCOC(=O)C1=C(CSc2nnc(C)s2)NC(=O)N[C@@H]1CC. The molecule has 2 rings (SSSR count). The molecule has 22 heavy (non-hydrogen) atoms. The average molecular weight is 342 g/mol.